The molecule has 12 aromatic carbocycles. The van der Waals surface area contributed by atoms with Crippen LogP contribution in [-0.2, 0) is 4.57 Å². The number of para-hydroxylation sites is 12. The van der Waals surface area contributed by atoms with Gasteiger partial charge >= 0.3 is 0 Å². The Hall–Kier alpha value is -9.37. The van der Waals surface area contributed by atoms with Crippen molar-refractivity contribution in [3.63, 3.8) is 0 Å². The molecule has 392 valence electrons. The molecule has 0 aliphatic heterocycles. The maximum Gasteiger partial charge on any atom is 0.148 e. The summed E-state index contributed by atoms with van der Waals surface area (Å²) in [4.78, 5) is 25.6. The first kappa shape index (κ1) is 55.4. The van der Waals surface area contributed by atoms with Gasteiger partial charge in [0.25, 0.3) is 0 Å². The maximum absolute atomic E-state index is 8.55. The Labute approximate surface area is 470 Å². The molecule has 0 radical (unpaired) electrons. The number of rotatable bonds is 12. The van der Waals surface area contributed by atoms with Crippen molar-refractivity contribution < 1.29 is 19.2 Å². The van der Waals surface area contributed by atoms with E-state index < -0.39 is 7.82 Å². The quantitative estimate of drug-likeness (QED) is 0.0901. The second kappa shape index (κ2) is 26.8. The molecule has 0 fully saturated rings. The average molecular weight is 1060 g/mol. The maximum atomic E-state index is 8.55. The summed E-state index contributed by atoms with van der Waals surface area (Å²) in [5.41, 5.74) is 14.6. The first-order valence-corrected chi connectivity index (χ1v) is 27.8. The van der Waals surface area contributed by atoms with Crippen molar-refractivity contribution in [3.05, 3.63) is 364 Å². The van der Waals surface area contributed by atoms with E-state index in [0.717, 1.165) is 0 Å². The molecule has 0 atom stereocenters. The molecule has 0 saturated carbocycles. The first-order chi connectivity index (χ1) is 39.3. The SMILES string of the molecule is O=P([O-])([O-])[O-].c1ccc([N+](c2ccccc2)(c2ccccc2)c2ccccc2)cc1.c1ccc([N+](c2ccccc2)(c2ccccc2)c2ccccc2)cc1.c1ccc([N+](c2ccccc2)(c2ccccc2)c2ccccc2)cc1. The molecule has 0 heterocycles. The van der Waals surface area contributed by atoms with E-state index in [4.69, 9.17) is 19.2 Å². The van der Waals surface area contributed by atoms with E-state index in [9.17, 15) is 0 Å². The second-order valence-corrected chi connectivity index (χ2v) is 19.4. The summed E-state index contributed by atoms with van der Waals surface area (Å²) >= 11 is 0. The second-order valence-electron chi connectivity index (χ2n) is 18.5. The Bertz CT molecular complexity index is 2840. The normalized spacial score (nSPS) is 11.2. The zero-order chi connectivity index (χ0) is 55.4. The van der Waals surface area contributed by atoms with Gasteiger partial charge in [0.1, 0.15) is 68.2 Å². The molecule has 0 aliphatic carbocycles. The summed E-state index contributed by atoms with van der Waals surface area (Å²) < 4.78 is 10.2. The number of quaternary nitrogens is 3. The molecule has 0 aromatic heterocycles. The van der Waals surface area contributed by atoms with Gasteiger partial charge in [-0.2, -0.15) is 21.3 Å². The minimum absolute atomic E-state index is 0.559. The third kappa shape index (κ3) is 12.5. The van der Waals surface area contributed by atoms with E-state index in [2.05, 4.69) is 364 Å². The van der Waals surface area contributed by atoms with Gasteiger partial charge in [-0.15, -0.1) is 0 Å². The predicted octanol–water partition coefficient (Wildman–Crippen LogP) is 18.1. The summed E-state index contributed by atoms with van der Waals surface area (Å²) in [6, 6.07) is 128. The fourth-order valence-corrected chi connectivity index (χ4v) is 10.5. The molecule has 8 heteroatoms. The van der Waals surface area contributed by atoms with Crippen LogP contribution >= 0.6 is 7.82 Å². The summed E-state index contributed by atoms with van der Waals surface area (Å²) in [6.07, 6.45) is 0. The zero-order valence-electron chi connectivity index (χ0n) is 44.1. The molecule has 0 unspecified atom stereocenters. The van der Waals surface area contributed by atoms with Crippen LogP contribution in [0.2, 0.25) is 0 Å². The molecule has 7 nitrogen and oxygen atoms in total. The number of phosphoric acid groups is 1. The van der Waals surface area contributed by atoms with Crippen molar-refractivity contribution in [2.24, 2.45) is 0 Å². The lowest BCUT2D eigenvalue weighted by molar-refractivity contribution is -0.432. The molecular weight excluding hydrogens is 1000 g/mol. The van der Waals surface area contributed by atoms with Crippen LogP contribution in [-0.4, -0.2) is 0 Å². The molecule has 0 bridgehead atoms. The standard InChI is InChI=1S/3C24H20N.H3O4P/c3*1-5-13-21(14-6-1)25(22-15-7-2-8-16-22,23-17-9-3-10-18-23)24-19-11-4-12-20-24;1-5(2,3)4/h3*1-20H;(H3,1,2,3,4)/q3*+1;/p-3. The van der Waals surface area contributed by atoms with E-state index >= 15 is 0 Å². The average Bonchev–Trinajstić information content (AvgIpc) is 3.64. The van der Waals surface area contributed by atoms with Crippen LogP contribution in [0.15, 0.2) is 364 Å². The van der Waals surface area contributed by atoms with E-state index in [1.807, 2.05) is 0 Å². The smallest absolute Gasteiger partial charge is 0.148 e. The monoisotopic (exact) mass is 1060 g/mol. The van der Waals surface area contributed by atoms with Gasteiger partial charge in [0, 0.05) is 146 Å². The van der Waals surface area contributed by atoms with Gasteiger partial charge in [-0.25, -0.2) is 0 Å². The minimum atomic E-state index is -5.39. The number of benzene rings is 12. The van der Waals surface area contributed by atoms with E-state index in [1.54, 1.807) is 0 Å². The van der Waals surface area contributed by atoms with Crippen LogP contribution in [0.25, 0.3) is 0 Å². The largest absolute Gasteiger partial charge is 0.822 e. The molecule has 0 amide bonds. The van der Waals surface area contributed by atoms with Gasteiger partial charge in [0.05, 0.1) is 0 Å². The van der Waals surface area contributed by atoms with Crippen molar-refractivity contribution >= 4 is 76.1 Å². The highest BCUT2D eigenvalue weighted by Gasteiger charge is 2.41. The van der Waals surface area contributed by atoms with Crippen LogP contribution < -0.4 is 28.1 Å². The third-order valence-electron chi connectivity index (χ3n) is 13.7. The molecule has 80 heavy (non-hydrogen) atoms. The summed E-state index contributed by atoms with van der Waals surface area (Å²) in [5.74, 6) is 0. The van der Waals surface area contributed by atoms with Crippen molar-refractivity contribution in [2.75, 3.05) is 0 Å². The van der Waals surface area contributed by atoms with Crippen LogP contribution in [0, 0.1) is 0 Å². The number of hydrogen-bond donors (Lipinski definition) is 0. The number of hydrogen-bond acceptors (Lipinski definition) is 4. The molecule has 0 spiro atoms. The van der Waals surface area contributed by atoms with Gasteiger partial charge in [-0.05, 0) is 0 Å². The fraction of sp³-hybridized carbons (Fsp3) is 0. The highest BCUT2D eigenvalue weighted by Crippen LogP contribution is 2.53. The van der Waals surface area contributed by atoms with E-state index in [1.165, 1.54) is 68.2 Å². The van der Waals surface area contributed by atoms with Gasteiger partial charge in [-0.3, -0.25) is 0 Å². The molecule has 0 saturated heterocycles. The molecule has 12 aromatic rings. The lowest BCUT2D eigenvalue weighted by atomic mass is 10.1. The summed E-state index contributed by atoms with van der Waals surface area (Å²) in [5, 5.41) is 0. The van der Waals surface area contributed by atoms with Gasteiger partial charge in [0.2, 0.25) is 0 Å². The molecular formula is C72H60N3O4P. The first-order valence-electron chi connectivity index (χ1n) is 26.3. The Morgan fingerprint density at radius 2 is 0.225 bits per heavy atom. The topological polar surface area (TPSA) is 86.2 Å². The van der Waals surface area contributed by atoms with E-state index in [0.29, 0.717) is 13.4 Å². The van der Waals surface area contributed by atoms with Gasteiger partial charge in [-0.1, -0.05) is 218 Å². The summed E-state index contributed by atoms with van der Waals surface area (Å²) in [6.45, 7) is 0. The van der Waals surface area contributed by atoms with Crippen molar-refractivity contribution in [2.45, 2.75) is 0 Å². The van der Waals surface area contributed by atoms with Crippen LogP contribution in [0.5, 0.6) is 0 Å². The molecule has 0 aliphatic rings. The molecule has 0 N–H and O–H groups in total. The Morgan fingerprint density at radius 3 is 0.287 bits per heavy atom. The molecule has 12 rings (SSSR count). The third-order valence-corrected chi connectivity index (χ3v) is 13.7. The van der Waals surface area contributed by atoms with Crippen LogP contribution in [0.4, 0.5) is 68.2 Å². The lowest BCUT2D eigenvalue weighted by Gasteiger charge is -2.37. The van der Waals surface area contributed by atoms with Gasteiger partial charge < -0.3 is 19.2 Å². The lowest BCUT2D eigenvalue weighted by Crippen LogP contribution is -2.33. The number of nitrogens with zero attached hydrogens (tertiary/aromatic N) is 3. The van der Waals surface area contributed by atoms with Gasteiger partial charge in [0.15, 0.2) is 0 Å². The van der Waals surface area contributed by atoms with Crippen LogP contribution in [0.1, 0.15) is 0 Å². The summed E-state index contributed by atoms with van der Waals surface area (Å²) in [7, 11) is -5.39. The fourth-order valence-electron chi connectivity index (χ4n) is 10.5. The zero-order valence-corrected chi connectivity index (χ0v) is 45.0. The predicted molar refractivity (Wildman–Crippen MR) is 327 cm³/mol. The Morgan fingerprint density at radius 1 is 0.163 bits per heavy atom. The van der Waals surface area contributed by atoms with E-state index in [-0.39, 0.29) is 0 Å². The minimum Gasteiger partial charge on any atom is -0.822 e. The van der Waals surface area contributed by atoms with Crippen LogP contribution in [0.3, 0.4) is 0 Å². The highest BCUT2D eigenvalue weighted by atomic mass is 31.2. The Balaban J connectivity index is 0.000000139. The highest BCUT2D eigenvalue weighted by molar-refractivity contribution is 7.40. The van der Waals surface area contributed by atoms with Crippen molar-refractivity contribution in [3.8, 4) is 0 Å². The Kier molecular flexibility index (Phi) is 18.6. The van der Waals surface area contributed by atoms with Crippen molar-refractivity contribution in [1.82, 2.24) is 13.4 Å². The van der Waals surface area contributed by atoms with Crippen molar-refractivity contribution in [1.29, 1.82) is 0 Å².